The van der Waals surface area contributed by atoms with Gasteiger partial charge in [0.05, 0.1) is 6.26 Å². The highest BCUT2D eigenvalue weighted by Gasteiger charge is 2.28. The van der Waals surface area contributed by atoms with Crippen LogP contribution >= 0.6 is 0 Å². The van der Waals surface area contributed by atoms with Crippen LogP contribution in [0.25, 0.3) is 0 Å². The van der Waals surface area contributed by atoms with Gasteiger partial charge in [0.2, 0.25) is 0 Å². The number of hydrogen-bond donors (Lipinski definition) is 1. The molecule has 1 fully saturated rings. The van der Waals surface area contributed by atoms with E-state index in [0.29, 0.717) is 25.5 Å². The molecule has 1 saturated heterocycles. The fourth-order valence-corrected chi connectivity index (χ4v) is 2.43. The molecule has 3 rings (SSSR count). The van der Waals surface area contributed by atoms with Gasteiger partial charge in [0.15, 0.2) is 5.76 Å². The lowest BCUT2D eigenvalue weighted by atomic mass is 10.2. The molecule has 2 heterocycles. The Bertz CT molecular complexity index is 609. The van der Waals surface area contributed by atoms with Crippen molar-refractivity contribution in [3.8, 4) is 5.75 Å². The third-order valence-electron chi connectivity index (χ3n) is 3.59. The number of furan rings is 1. The number of nitrogens with zero attached hydrogens (tertiary/aromatic N) is 1. The lowest BCUT2D eigenvalue weighted by Gasteiger charge is -2.15. The van der Waals surface area contributed by atoms with Crippen LogP contribution < -0.4 is 10.5 Å². The molecule has 1 atom stereocenters. The van der Waals surface area contributed by atoms with E-state index in [2.05, 4.69) is 0 Å². The minimum atomic E-state index is -0.111. The summed E-state index contributed by atoms with van der Waals surface area (Å²) in [5.74, 6) is 1.000. The van der Waals surface area contributed by atoms with E-state index in [-0.39, 0.29) is 11.9 Å². The predicted octanol–water partition coefficient (Wildman–Crippen LogP) is 2.03. The monoisotopic (exact) mass is 286 g/mol. The second-order valence-electron chi connectivity index (χ2n) is 5.18. The Kier molecular flexibility index (Phi) is 3.92. The van der Waals surface area contributed by atoms with E-state index in [0.717, 1.165) is 17.7 Å². The van der Waals surface area contributed by atoms with Crippen LogP contribution in [-0.4, -0.2) is 29.9 Å². The van der Waals surface area contributed by atoms with E-state index >= 15 is 0 Å². The molecule has 2 aromatic rings. The van der Waals surface area contributed by atoms with Gasteiger partial charge >= 0.3 is 0 Å². The number of ether oxygens (including phenoxy) is 1. The van der Waals surface area contributed by atoms with Crippen LogP contribution in [0.4, 0.5) is 0 Å². The van der Waals surface area contributed by atoms with Crippen LogP contribution in [0, 0.1) is 0 Å². The van der Waals surface area contributed by atoms with E-state index < -0.39 is 0 Å². The van der Waals surface area contributed by atoms with Gasteiger partial charge in [0.25, 0.3) is 5.91 Å². The van der Waals surface area contributed by atoms with Crippen molar-refractivity contribution in [1.29, 1.82) is 0 Å². The standard InChI is InChI=1S/C16H18N2O3/c17-13-6-8-18(10-13)16(19)15-12(7-9-20-15)11-21-14-4-2-1-3-5-14/h1-5,7,9,13H,6,8,10-11,17H2/t13-/m1/s1. The molecule has 0 unspecified atom stereocenters. The van der Waals surface area contributed by atoms with Crippen LogP contribution in [-0.2, 0) is 6.61 Å². The van der Waals surface area contributed by atoms with Gasteiger partial charge in [-0.15, -0.1) is 0 Å². The predicted molar refractivity (Wildman–Crippen MR) is 78.0 cm³/mol. The number of amides is 1. The maximum Gasteiger partial charge on any atom is 0.290 e. The van der Waals surface area contributed by atoms with Gasteiger partial charge in [-0.1, -0.05) is 18.2 Å². The van der Waals surface area contributed by atoms with Crippen LogP contribution in [0.15, 0.2) is 47.1 Å². The van der Waals surface area contributed by atoms with E-state index in [1.54, 1.807) is 11.0 Å². The van der Waals surface area contributed by atoms with Gasteiger partial charge < -0.3 is 19.8 Å². The summed E-state index contributed by atoms with van der Waals surface area (Å²) in [6, 6.07) is 11.3. The molecule has 5 nitrogen and oxygen atoms in total. The van der Waals surface area contributed by atoms with Crippen molar-refractivity contribution < 1.29 is 13.9 Å². The average molecular weight is 286 g/mol. The Morgan fingerprint density at radius 1 is 1.33 bits per heavy atom. The average Bonchev–Trinajstić information content (AvgIpc) is 3.14. The highest BCUT2D eigenvalue weighted by atomic mass is 16.5. The number of benzene rings is 1. The second kappa shape index (κ2) is 6.01. The molecule has 0 saturated carbocycles. The molecule has 1 aromatic heterocycles. The summed E-state index contributed by atoms with van der Waals surface area (Å²) >= 11 is 0. The van der Waals surface area contributed by atoms with Crippen molar-refractivity contribution in [3.63, 3.8) is 0 Å². The third kappa shape index (κ3) is 3.08. The van der Waals surface area contributed by atoms with Crippen LogP contribution in [0.1, 0.15) is 22.5 Å². The van der Waals surface area contributed by atoms with Gasteiger partial charge in [-0.3, -0.25) is 4.79 Å². The number of carbonyl (C=O) groups excluding carboxylic acids is 1. The Labute approximate surface area is 123 Å². The Morgan fingerprint density at radius 2 is 2.14 bits per heavy atom. The van der Waals surface area contributed by atoms with Crippen molar-refractivity contribution in [2.45, 2.75) is 19.1 Å². The Hall–Kier alpha value is -2.27. The van der Waals surface area contributed by atoms with Gasteiger partial charge in [0, 0.05) is 24.7 Å². The van der Waals surface area contributed by atoms with Crippen LogP contribution in [0.5, 0.6) is 5.75 Å². The minimum absolute atomic E-state index is 0.0629. The lowest BCUT2D eigenvalue weighted by molar-refractivity contribution is 0.0755. The third-order valence-corrected chi connectivity index (χ3v) is 3.59. The number of hydrogen-bond acceptors (Lipinski definition) is 4. The normalized spacial score (nSPS) is 18.0. The number of para-hydroxylation sites is 1. The summed E-state index contributed by atoms with van der Waals surface area (Å²) in [6.07, 6.45) is 2.36. The van der Waals surface area contributed by atoms with Crippen molar-refractivity contribution in [1.82, 2.24) is 4.90 Å². The molecular formula is C16H18N2O3. The fourth-order valence-electron chi connectivity index (χ4n) is 2.43. The highest BCUT2D eigenvalue weighted by molar-refractivity contribution is 5.93. The first-order chi connectivity index (χ1) is 10.2. The minimum Gasteiger partial charge on any atom is -0.489 e. The van der Waals surface area contributed by atoms with Crippen LogP contribution in [0.2, 0.25) is 0 Å². The smallest absolute Gasteiger partial charge is 0.290 e. The van der Waals surface area contributed by atoms with Gasteiger partial charge in [0.1, 0.15) is 12.4 Å². The summed E-state index contributed by atoms with van der Waals surface area (Å²) in [5.41, 5.74) is 6.59. The quantitative estimate of drug-likeness (QED) is 0.933. The van der Waals surface area contributed by atoms with E-state index in [4.69, 9.17) is 14.9 Å². The number of nitrogens with two attached hydrogens (primary N) is 1. The van der Waals surface area contributed by atoms with Gasteiger partial charge in [-0.25, -0.2) is 0 Å². The molecule has 0 bridgehead atoms. The zero-order valence-electron chi connectivity index (χ0n) is 11.7. The van der Waals surface area contributed by atoms with Crippen molar-refractivity contribution in [3.05, 3.63) is 54.0 Å². The van der Waals surface area contributed by atoms with Crippen molar-refractivity contribution >= 4 is 5.91 Å². The van der Waals surface area contributed by atoms with Crippen molar-refractivity contribution in [2.24, 2.45) is 5.73 Å². The molecule has 2 N–H and O–H groups in total. The molecule has 0 spiro atoms. The highest BCUT2D eigenvalue weighted by Crippen LogP contribution is 2.19. The second-order valence-corrected chi connectivity index (χ2v) is 5.18. The van der Waals surface area contributed by atoms with Gasteiger partial charge in [-0.05, 0) is 24.6 Å². The van der Waals surface area contributed by atoms with Crippen molar-refractivity contribution in [2.75, 3.05) is 13.1 Å². The summed E-state index contributed by atoms with van der Waals surface area (Å²) in [5, 5.41) is 0. The zero-order chi connectivity index (χ0) is 14.7. The largest absolute Gasteiger partial charge is 0.489 e. The summed E-state index contributed by atoms with van der Waals surface area (Å²) in [6.45, 7) is 1.57. The molecule has 0 radical (unpaired) electrons. The van der Waals surface area contributed by atoms with Crippen LogP contribution in [0.3, 0.4) is 0 Å². The van der Waals surface area contributed by atoms with E-state index in [1.807, 2.05) is 30.3 Å². The first-order valence-electron chi connectivity index (χ1n) is 7.03. The first-order valence-corrected chi connectivity index (χ1v) is 7.03. The Balaban J connectivity index is 1.68. The Morgan fingerprint density at radius 3 is 2.86 bits per heavy atom. The molecule has 1 aromatic carbocycles. The van der Waals surface area contributed by atoms with E-state index in [9.17, 15) is 4.79 Å². The summed E-state index contributed by atoms with van der Waals surface area (Å²) < 4.78 is 11.0. The molecule has 1 aliphatic heterocycles. The molecule has 0 aliphatic carbocycles. The molecule has 1 aliphatic rings. The number of carbonyl (C=O) groups is 1. The molecule has 1 amide bonds. The summed E-state index contributed by atoms with van der Waals surface area (Å²) in [4.78, 5) is 14.1. The topological polar surface area (TPSA) is 68.7 Å². The van der Waals surface area contributed by atoms with E-state index in [1.165, 1.54) is 6.26 Å². The van der Waals surface area contributed by atoms with Gasteiger partial charge in [-0.2, -0.15) is 0 Å². The fraction of sp³-hybridized carbons (Fsp3) is 0.312. The number of rotatable bonds is 4. The maximum absolute atomic E-state index is 12.4. The first kappa shape index (κ1) is 13.7. The molecule has 110 valence electrons. The number of likely N-dealkylation sites (tertiary alicyclic amines) is 1. The SMILES string of the molecule is N[C@@H]1CCN(C(=O)c2occc2COc2ccccc2)C1. The molecule has 5 heteroatoms. The zero-order valence-corrected chi connectivity index (χ0v) is 11.7. The lowest BCUT2D eigenvalue weighted by Crippen LogP contribution is -2.32. The maximum atomic E-state index is 12.4. The molecular weight excluding hydrogens is 268 g/mol. The molecule has 21 heavy (non-hydrogen) atoms. The summed E-state index contributed by atoms with van der Waals surface area (Å²) in [7, 11) is 0.